The lowest BCUT2D eigenvalue weighted by atomic mass is 9.97. The van der Waals surface area contributed by atoms with Gasteiger partial charge in [-0.15, -0.1) is 0 Å². The van der Waals surface area contributed by atoms with Crippen molar-refractivity contribution in [3.8, 4) is 0 Å². The van der Waals surface area contributed by atoms with E-state index in [1.807, 2.05) is 31.2 Å². The van der Waals surface area contributed by atoms with Crippen LogP contribution in [0.2, 0.25) is 0 Å². The number of rotatable bonds is 4. The molecular weight excluding hydrogens is 318 g/mol. The first-order chi connectivity index (χ1) is 12.0. The van der Waals surface area contributed by atoms with Gasteiger partial charge >= 0.3 is 6.03 Å². The number of nitrogens with zero attached hydrogens (tertiary/aromatic N) is 3. The molecule has 0 aliphatic carbocycles. The van der Waals surface area contributed by atoms with Gasteiger partial charge < -0.3 is 16.0 Å². The quantitative estimate of drug-likeness (QED) is 0.880. The lowest BCUT2D eigenvalue weighted by Crippen LogP contribution is -2.40. The van der Waals surface area contributed by atoms with Gasteiger partial charge in [-0.3, -0.25) is 4.79 Å². The molecule has 0 saturated carbocycles. The minimum atomic E-state index is -0.641. The summed E-state index contributed by atoms with van der Waals surface area (Å²) >= 11 is 0. The maximum absolute atomic E-state index is 12.8. The fourth-order valence-electron chi connectivity index (χ4n) is 3.16. The fraction of sp³-hybridized carbons (Fsp3) is 0.333. The highest BCUT2D eigenvalue weighted by atomic mass is 16.2. The number of aromatic nitrogens is 2. The number of benzene rings is 1. The Hall–Kier alpha value is -2.96. The van der Waals surface area contributed by atoms with Crippen LogP contribution in [0.3, 0.4) is 0 Å². The first-order valence-corrected chi connectivity index (χ1v) is 8.21. The van der Waals surface area contributed by atoms with Gasteiger partial charge in [0.1, 0.15) is 6.33 Å². The Balaban J connectivity index is 1.75. The first-order valence-electron chi connectivity index (χ1n) is 8.21. The number of hydrogen-bond acceptors (Lipinski definition) is 4. The maximum atomic E-state index is 12.8. The van der Waals surface area contributed by atoms with Crippen LogP contribution in [0.4, 0.5) is 4.79 Å². The number of amides is 3. The minimum Gasteiger partial charge on any atom is -0.352 e. The summed E-state index contributed by atoms with van der Waals surface area (Å²) in [5.41, 5.74) is 9.17. The molecule has 1 aliphatic rings. The molecule has 0 saturated heterocycles. The summed E-state index contributed by atoms with van der Waals surface area (Å²) in [6.07, 6.45) is 4.20. The second-order valence-electron chi connectivity index (χ2n) is 6.18. The van der Waals surface area contributed by atoms with Gasteiger partial charge in [0.25, 0.3) is 0 Å². The van der Waals surface area contributed by atoms with Crippen LogP contribution in [0.1, 0.15) is 34.8 Å². The van der Waals surface area contributed by atoms with E-state index < -0.39 is 12.1 Å². The summed E-state index contributed by atoms with van der Waals surface area (Å²) in [7, 11) is 0. The molecule has 1 aliphatic heterocycles. The molecule has 0 spiro atoms. The van der Waals surface area contributed by atoms with Gasteiger partial charge in [0.15, 0.2) is 0 Å². The molecule has 0 radical (unpaired) electrons. The smallest absolute Gasteiger partial charge is 0.312 e. The van der Waals surface area contributed by atoms with Gasteiger partial charge in [-0.1, -0.05) is 24.3 Å². The number of primary amides is 1. The zero-order chi connectivity index (χ0) is 17.8. The van der Waals surface area contributed by atoms with Crippen molar-refractivity contribution in [3.05, 3.63) is 59.2 Å². The largest absolute Gasteiger partial charge is 0.352 e. The molecule has 2 aromatic rings. The van der Waals surface area contributed by atoms with E-state index in [1.165, 1.54) is 6.33 Å². The van der Waals surface area contributed by atoms with Gasteiger partial charge in [0.2, 0.25) is 5.91 Å². The summed E-state index contributed by atoms with van der Waals surface area (Å²) in [5, 5.41) is 2.69. The predicted octanol–water partition coefficient (Wildman–Crippen LogP) is 1.47. The molecule has 7 heteroatoms. The summed E-state index contributed by atoms with van der Waals surface area (Å²) < 4.78 is 0. The van der Waals surface area contributed by atoms with E-state index in [0.29, 0.717) is 13.1 Å². The van der Waals surface area contributed by atoms with Crippen molar-refractivity contribution in [2.75, 3.05) is 6.54 Å². The topological polar surface area (TPSA) is 101 Å². The molecular formula is C18H21N5O2. The first kappa shape index (κ1) is 16.9. The summed E-state index contributed by atoms with van der Waals surface area (Å²) in [4.78, 5) is 34.2. The normalized spacial score (nSPS) is 14.5. The van der Waals surface area contributed by atoms with Crippen LogP contribution in [0.5, 0.6) is 0 Å². The van der Waals surface area contributed by atoms with Crippen LogP contribution in [-0.4, -0.2) is 33.4 Å². The fourth-order valence-corrected chi connectivity index (χ4v) is 3.16. The van der Waals surface area contributed by atoms with E-state index in [0.717, 1.165) is 28.8 Å². The van der Waals surface area contributed by atoms with E-state index in [4.69, 9.17) is 5.73 Å². The molecule has 0 bridgehead atoms. The van der Waals surface area contributed by atoms with Crippen molar-refractivity contribution < 1.29 is 9.59 Å². The molecule has 130 valence electrons. The highest BCUT2D eigenvalue weighted by molar-refractivity contribution is 5.79. The average Bonchev–Trinajstić information content (AvgIpc) is 2.60. The van der Waals surface area contributed by atoms with E-state index in [9.17, 15) is 9.59 Å². The second-order valence-corrected chi connectivity index (χ2v) is 6.18. The van der Waals surface area contributed by atoms with Crippen molar-refractivity contribution in [1.29, 1.82) is 0 Å². The van der Waals surface area contributed by atoms with Crippen molar-refractivity contribution in [1.82, 2.24) is 20.2 Å². The van der Waals surface area contributed by atoms with E-state index in [2.05, 4.69) is 15.3 Å². The van der Waals surface area contributed by atoms with E-state index >= 15 is 0 Å². The summed E-state index contributed by atoms with van der Waals surface area (Å²) in [6, 6.07) is 6.57. The van der Waals surface area contributed by atoms with Crippen molar-refractivity contribution in [2.24, 2.45) is 5.73 Å². The number of urea groups is 1. The third-order valence-electron chi connectivity index (χ3n) is 4.48. The van der Waals surface area contributed by atoms with Crippen molar-refractivity contribution in [2.45, 2.75) is 32.4 Å². The highest BCUT2D eigenvalue weighted by Crippen LogP contribution is 2.23. The third kappa shape index (κ3) is 3.93. The molecule has 3 amide bonds. The van der Waals surface area contributed by atoms with Crippen LogP contribution in [0.25, 0.3) is 0 Å². The minimum absolute atomic E-state index is 0.0359. The number of hydrogen-bond donors (Lipinski definition) is 2. The van der Waals surface area contributed by atoms with Crippen LogP contribution >= 0.6 is 0 Å². The average molecular weight is 339 g/mol. The predicted molar refractivity (Wildman–Crippen MR) is 92.4 cm³/mol. The molecule has 1 atom stereocenters. The Labute approximate surface area is 146 Å². The second kappa shape index (κ2) is 7.29. The van der Waals surface area contributed by atoms with Gasteiger partial charge in [-0.25, -0.2) is 14.8 Å². The zero-order valence-corrected chi connectivity index (χ0v) is 14.1. The number of nitrogens with two attached hydrogens (primary N) is 1. The lowest BCUT2D eigenvalue weighted by molar-refractivity contribution is -0.132. The van der Waals surface area contributed by atoms with E-state index in [-0.39, 0.29) is 12.3 Å². The third-order valence-corrected chi connectivity index (χ3v) is 4.48. The zero-order valence-electron chi connectivity index (χ0n) is 14.1. The number of aryl methyl sites for hydroxylation is 1. The van der Waals surface area contributed by atoms with Crippen molar-refractivity contribution in [3.63, 3.8) is 0 Å². The standard InChI is InChI=1S/C18H21N5O2/c1-12-4-2-3-5-14(12)15(22-18(19)25)8-17(24)23-7-6-13-9-20-11-21-16(13)10-23/h2-5,9,11,15H,6-8,10H2,1H3,(H3,19,22,25). The van der Waals surface area contributed by atoms with Crippen molar-refractivity contribution >= 4 is 11.9 Å². The van der Waals surface area contributed by atoms with Gasteiger partial charge in [-0.05, 0) is 30.0 Å². The molecule has 1 aromatic carbocycles. The van der Waals surface area contributed by atoms with Crippen LogP contribution in [0, 0.1) is 6.92 Å². The Kier molecular flexibility index (Phi) is 4.92. The molecule has 0 fully saturated rings. The van der Waals surface area contributed by atoms with Gasteiger partial charge in [-0.2, -0.15) is 0 Å². The number of nitrogens with one attached hydrogen (secondary N) is 1. The highest BCUT2D eigenvalue weighted by Gasteiger charge is 2.26. The van der Waals surface area contributed by atoms with Gasteiger partial charge in [0.05, 0.1) is 24.7 Å². The van der Waals surface area contributed by atoms with E-state index in [1.54, 1.807) is 11.1 Å². The molecule has 25 heavy (non-hydrogen) atoms. The lowest BCUT2D eigenvalue weighted by Gasteiger charge is -2.29. The Morgan fingerprint density at radius 3 is 2.92 bits per heavy atom. The SMILES string of the molecule is Cc1ccccc1C(CC(=O)N1CCc2cncnc2C1)NC(N)=O. The van der Waals surface area contributed by atoms with Crippen LogP contribution in [-0.2, 0) is 17.8 Å². The monoisotopic (exact) mass is 339 g/mol. The number of carbonyl (C=O) groups excluding carboxylic acids is 2. The Morgan fingerprint density at radius 1 is 1.36 bits per heavy atom. The van der Waals surface area contributed by atoms with Gasteiger partial charge in [0, 0.05) is 12.7 Å². The molecule has 3 rings (SSSR count). The number of fused-ring (bicyclic) bond motifs is 1. The summed E-state index contributed by atoms with van der Waals surface area (Å²) in [5.74, 6) is -0.0359. The molecule has 1 aromatic heterocycles. The number of carbonyl (C=O) groups is 2. The Morgan fingerprint density at radius 2 is 2.16 bits per heavy atom. The molecule has 3 N–H and O–H groups in total. The maximum Gasteiger partial charge on any atom is 0.312 e. The Bertz CT molecular complexity index is 793. The summed E-state index contributed by atoms with van der Waals surface area (Å²) in [6.45, 7) is 3.04. The molecule has 2 heterocycles. The van der Waals surface area contributed by atoms with Crippen LogP contribution < -0.4 is 11.1 Å². The molecule has 7 nitrogen and oxygen atoms in total. The van der Waals surface area contributed by atoms with Crippen LogP contribution in [0.15, 0.2) is 36.8 Å². The molecule has 1 unspecified atom stereocenters.